The van der Waals surface area contributed by atoms with Crippen molar-refractivity contribution in [3.8, 4) is 11.5 Å². The van der Waals surface area contributed by atoms with Crippen LogP contribution in [0.3, 0.4) is 0 Å². The fourth-order valence-corrected chi connectivity index (χ4v) is 7.08. The van der Waals surface area contributed by atoms with Gasteiger partial charge in [-0.3, -0.25) is 9.69 Å². The quantitative estimate of drug-likeness (QED) is 0.781. The largest absolute Gasteiger partial charge is 0.454 e. The van der Waals surface area contributed by atoms with Gasteiger partial charge in [-0.1, -0.05) is 0 Å². The molecule has 0 unspecified atom stereocenters. The molecule has 4 aliphatic rings. The topological polar surface area (TPSA) is 76.6 Å². The minimum atomic E-state index is -0.517. The van der Waals surface area contributed by atoms with Crippen LogP contribution in [0.2, 0.25) is 0 Å². The molecule has 3 aliphatic heterocycles. The Bertz CT molecular complexity index is 1090. The molecular formula is C23H28N4O3S. The molecule has 6 rings (SSSR count). The summed E-state index contributed by atoms with van der Waals surface area (Å²) in [6.07, 6.45) is 10.6. The van der Waals surface area contributed by atoms with E-state index in [1.54, 1.807) is 0 Å². The van der Waals surface area contributed by atoms with E-state index >= 15 is 0 Å². The molecule has 1 aliphatic carbocycles. The minimum absolute atomic E-state index is 0.243. The zero-order chi connectivity index (χ0) is 21.4. The molecule has 2 fully saturated rings. The second-order valence-electron chi connectivity index (χ2n) is 9.74. The number of nitrogens with one attached hydrogen (secondary N) is 1. The summed E-state index contributed by atoms with van der Waals surface area (Å²) < 4.78 is 11.0. The maximum absolute atomic E-state index is 13.5. The summed E-state index contributed by atoms with van der Waals surface area (Å²) in [7, 11) is -0.517. The lowest BCUT2D eigenvalue weighted by Gasteiger charge is -2.42. The number of ether oxygens (including phenoxy) is 2. The molecule has 164 valence electrons. The molecule has 1 amide bonds. The molecule has 2 aromatic rings. The maximum atomic E-state index is 13.5. The first-order chi connectivity index (χ1) is 14.9. The number of hydrogen-bond donors (Lipinski definition) is 1. The molecule has 1 saturated heterocycles. The highest BCUT2D eigenvalue weighted by Crippen LogP contribution is 2.58. The Morgan fingerprint density at radius 1 is 1.16 bits per heavy atom. The van der Waals surface area contributed by atoms with Gasteiger partial charge in [-0.05, 0) is 68.3 Å². The molecule has 1 saturated carbocycles. The number of fused-ring (bicyclic) bond motifs is 3. The van der Waals surface area contributed by atoms with Gasteiger partial charge in [-0.15, -0.1) is 0 Å². The molecule has 4 heterocycles. The van der Waals surface area contributed by atoms with E-state index in [2.05, 4.69) is 22.8 Å². The number of nitrogens with zero attached hydrogens (tertiary/aromatic N) is 3. The summed E-state index contributed by atoms with van der Waals surface area (Å²) in [5.74, 6) is 5.49. The van der Waals surface area contributed by atoms with Crippen LogP contribution in [0, 0.1) is 6.92 Å². The molecule has 7 nitrogen and oxygen atoms in total. The molecule has 0 atom stereocenters. The predicted molar refractivity (Wildman–Crippen MR) is 123 cm³/mol. The Balaban J connectivity index is 1.33. The number of benzene rings is 1. The van der Waals surface area contributed by atoms with Crippen LogP contribution in [0.25, 0.3) is 0 Å². The van der Waals surface area contributed by atoms with Crippen molar-refractivity contribution in [2.45, 2.75) is 44.1 Å². The fourth-order valence-electron chi connectivity index (χ4n) is 5.06. The van der Waals surface area contributed by atoms with Crippen molar-refractivity contribution in [1.29, 1.82) is 0 Å². The Kier molecular flexibility index (Phi) is 4.04. The number of rotatable bonds is 3. The van der Waals surface area contributed by atoms with Crippen molar-refractivity contribution in [2.24, 2.45) is 0 Å². The van der Waals surface area contributed by atoms with Crippen LogP contribution in [0.4, 0.5) is 17.5 Å². The van der Waals surface area contributed by atoms with Crippen molar-refractivity contribution in [1.82, 2.24) is 9.97 Å². The van der Waals surface area contributed by atoms with E-state index in [0.717, 1.165) is 59.8 Å². The second kappa shape index (κ2) is 6.51. The van der Waals surface area contributed by atoms with Crippen LogP contribution in [-0.4, -0.2) is 52.7 Å². The Morgan fingerprint density at radius 3 is 2.58 bits per heavy atom. The van der Waals surface area contributed by atoms with Gasteiger partial charge in [0.25, 0.3) is 0 Å². The monoisotopic (exact) mass is 440 g/mol. The average molecular weight is 441 g/mol. The number of anilines is 3. The van der Waals surface area contributed by atoms with Crippen LogP contribution in [0.5, 0.6) is 11.5 Å². The van der Waals surface area contributed by atoms with E-state index in [0.29, 0.717) is 5.95 Å². The van der Waals surface area contributed by atoms with Crippen molar-refractivity contribution in [3.05, 3.63) is 29.5 Å². The first-order valence-electron chi connectivity index (χ1n) is 10.9. The van der Waals surface area contributed by atoms with E-state index in [9.17, 15) is 4.79 Å². The normalized spacial score (nSPS) is 23.7. The van der Waals surface area contributed by atoms with E-state index < -0.39 is 10.0 Å². The van der Waals surface area contributed by atoms with E-state index in [1.165, 1.54) is 11.5 Å². The lowest BCUT2D eigenvalue weighted by atomic mass is 10.0. The van der Waals surface area contributed by atoms with Gasteiger partial charge < -0.3 is 14.8 Å². The lowest BCUT2D eigenvalue weighted by Crippen LogP contribution is -2.44. The molecule has 8 heteroatoms. The van der Waals surface area contributed by atoms with Gasteiger partial charge in [0, 0.05) is 29.6 Å². The van der Waals surface area contributed by atoms with Crippen LogP contribution < -0.4 is 19.7 Å². The van der Waals surface area contributed by atoms with Crippen molar-refractivity contribution >= 4 is 33.4 Å². The van der Waals surface area contributed by atoms with Gasteiger partial charge >= 0.3 is 0 Å². The zero-order valence-electron chi connectivity index (χ0n) is 18.2. The minimum Gasteiger partial charge on any atom is -0.454 e. The highest BCUT2D eigenvalue weighted by Gasteiger charge is 2.61. The van der Waals surface area contributed by atoms with Crippen molar-refractivity contribution < 1.29 is 14.3 Å². The van der Waals surface area contributed by atoms with Gasteiger partial charge in [-0.25, -0.2) is 15.0 Å². The first-order valence-corrected chi connectivity index (χ1v) is 13.7. The third-order valence-corrected chi connectivity index (χ3v) is 9.91. The zero-order valence-corrected chi connectivity index (χ0v) is 19.1. The fraction of sp³-hybridized carbons (Fsp3) is 0.522. The molecule has 31 heavy (non-hydrogen) atoms. The third-order valence-electron chi connectivity index (χ3n) is 7.23. The van der Waals surface area contributed by atoms with Gasteiger partial charge in [0.2, 0.25) is 18.6 Å². The summed E-state index contributed by atoms with van der Waals surface area (Å²) in [5, 5.41) is 3.34. The Morgan fingerprint density at radius 2 is 1.87 bits per heavy atom. The van der Waals surface area contributed by atoms with Crippen LogP contribution in [0.1, 0.15) is 36.8 Å². The van der Waals surface area contributed by atoms with Gasteiger partial charge in [-0.2, -0.15) is 4.98 Å². The van der Waals surface area contributed by atoms with Gasteiger partial charge in [0.05, 0.1) is 5.41 Å². The molecule has 1 spiro atoms. The molecule has 1 aromatic heterocycles. The molecule has 1 aromatic carbocycles. The summed E-state index contributed by atoms with van der Waals surface area (Å²) in [6, 6.07) is 4.13. The van der Waals surface area contributed by atoms with Crippen molar-refractivity contribution in [3.63, 3.8) is 0 Å². The number of aromatic nitrogens is 2. The lowest BCUT2D eigenvalue weighted by molar-refractivity contribution is -0.120. The summed E-state index contributed by atoms with van der Waals surface area (Å²) in [6.45, 7) is 2.26. The van der Waals surface area contributed by atoms with E-state index in [-0.39, 0.29) is 24.2 Å². The van der Waals surface area contributed by atoms with E-state index in [4.69, 9.17) is 14.5 Å². The maximum Gasteiger partial charge on any atom is 0.239 e. The highest BCUT2D eigenvalue weighted by atomic mass is 32.3. The number of carbonyl (C=O) groups is 1. The predicted octanol–water partition coefficient (Wildman–Crippen LogP) is 3.86. The van der Waals surface area contributed by atoms with Gasteiger partial charge in [0.15, 0.2) is 11.5 Å². The van der Waals surface area contributed by atoms with Gasteiger partial charge in [0.1, 0.15) is 5.82 Å². The van der Waals surface area contributed by atoms with E-state index in [1.807, 2.05) is 30.2 Å². The number of hydrogen-bond acceptors (Lipinski definition) is 6. The average Bonchev–Trinajstić information content (AvgIpc) is 3.36. The second-order valence-corrected chi connectivity index (χ2v) is 14.1. The van der Waals surface area contributed by atoms with Crippen LogP contribution in [-0.2, 0) is 10.2 Å². The summed E-state index contributed by atoms with van der Waals surface area (Å²) in [5.41, 5.74) is 2.56. The smallest absolute Gasteiger partial charge is 0.239 e. The summed E-state index contributed by atoms with van der Waals surface area (Å²) >= 11 is 0. The first kappa shape index (κ1) is 19.2. The Labute approximate surface area is 183 Å². The third kappa shape index (κ3) is 2.98. The summed E-state index contributed by atoms with van der Waals surface area (Å²) in [4.78, 5) is 25.0. The van der Waals surface area contributed by atoms with Crippen molar-refractivity contribution in [2.75, 3.05) is 41.0 Å². The molecule has 1 N–H and O–H groups in total. The van der Waals surface area contributed by atoms with Crippen LogP contribution >= 0.6 is 10.0 Å². The SMILES string of the molecule is Cc1cc2c(cc1Nc1ncc3c(n1)N(C1CCS(C)(C)CC1)C(=O)C31CC1)OCO2. The Hall–Kier alpha value is -2.48. The standard InChI is InChI=1S/C23H28N4O3S/c1-14-10-18-19(30-13-29-18)11-17(14)25-22-24-12-16-20(26-22)27(21(28)23(16)6-7-23)15-4-8-31(2,3)9-5-15/h10-12,15H,4-9,13H2,1-3H3,(H,24,25,26). The highest BCUT2D eigenvalue weighted by molar-refractivity contribution is 8.32. The molecular weight excluding hydrogens is 412 g/mol. The number of carbonyl (C=O) groups excluding carboxylic acids is 1. The number of amides is 1. The van der Waals surface area contributed by atoms with Crippen LogP contribution in [0.15, 0.2) is 18.3 Å². The number of aryl methyl sites for hydroxylation is 1. The molecule has 0 bridgehead atoms. The molecule has 0 radical (unpaired) electrons.